The molecule has 0 heterocycles. The maximum absolute atomic E-state index is 4.40. The minimum absolute atomic E-state index is 0.171. The smallest absolute Gasteiger partial charge is 0.0548 e. The van der Waals surface area contributed by atoms with Crippen molar-refractivity contribution in [1.29, 1.82) is 0 Å². The molecular weight excluding hydrogens is 134 g/mol. The molecule has 66 valence electrons. The predicted molar refractivity (Wildman–Crippen MR) is 52.4 cm³/mol. The van der Waals surface area contributed by atoms with E-state index in [9.17, 15) is 0 Å². The van der Waals surface area contributed by atoms with Crippen molar-refractivity contribution in [2.75, 3.05) is 0 Å². The van der Waals surface area contributed by atoms with Crippen molar-refractivity contribution >= 4 is 6.21 Å². The van der Waals surface area contributed by atoms with E-state index in [0.717, 1.165) is 0 Å². The molecule has 0 radical (unpaired) electrons. The maximum atomic E-state index is 4.40. The molecule has 0 aliphatic carbocycles. The third-order valence-corrected chi connectivity index (χ3v) is 1.87. The summed E-state index contributed by atoms with van der Waals surface area (Å²) in [5.41, 5.74) is 0.171. The number of unbranched alkanes of at least 4 members (excludes halogenated alkanes) is 2. The molecule has 0 aliphatic heterocycles. The monoisotopic (exact) mass is 155 g/mol. The van der Waals surface area contributed by atoms with Gasteiger partial charge in [-0.1, -0.05) is 26.2 Å². The van der Waals surface area contributed by atoms with Gasteiger partial charge >= 0.3 is 0 Å². The van der Waals surface area contributed by atoms with E-state index < -0.39 is 0 Å². The molecule has 0 amide bonds. The zero-order valence-electron chi connectivity index (χ0n) is 8.35. The Kier molecular flexibility index (Phi) is 5.18. The van der Waals surface area contributed by atoms with Gasteiger partial charge < -0.3 is 0 Å². The van der Waals surface area contributed by atoms with Crippen LogP contribution in [-0.4, -0.2) is 11.8 Å². The van der Waals surface area contributed by atoms with Crippen molar-refractivity contribution in [2.24, 2.45) is 4.99 Å². The van der Waals surface area contributed by atoms with Crippen molar-refractivity contribution in [3.05, 3.63) is 0 Å². The zero-order valence-corrected chi connectivity index (χ0v) is 8.35. The number of aliphatic imine (C=N–C) groups is 1. The molecule has 0 fully saturated rings. The summed E-state index contributed by atoms with van der Waals surface area (Å²) in [7, 11) is 0. The normalized spacial score (nSPS) is 12.7. The Morgan fingerprint density at radius 3 is 2.36 bits per heavy atom. The highest BCUT2D eigenvalue weighted by molar-refractivity contribution is 5.53. The largest absolute Gasteiger partial charge is 0.292 e. The van der Waals surface area contributed by atoms with Crippen LogP contribution in [0.3, 0.4) is 0 Å². The van der Waals surface area contributed by atoms with Gasteiger partial charge in [-0.2, -0.15) is 0 Å². The van der Waals surface area contributed by atoms with Gasteiger partial charge in [0.25, 0.3) is 0 Å². The van der Waals surface area contributed by atoms with Crippen molar-refractivity contribution < 1.29 is 0 Å². The van der Waals surface area contributed by atoms with Crippen molar-refractivity contribution in [3.63, 3.8) is 0 Å². The molecule has 0 atom stereocenters. The molecule has 0 N–H and O–H groups in total. The van der Waals surface area contributed by atoms with Gasteiger partial charge in [-0.3, -0.25) is 4.99 Å². The third kappa shape index (κ3) is 6.08. The Morgan fingerprint density at radius 1 is 1.27 bits per heavy atom. The van der Waals surface area contributed by atoms with Crippen LogP contribution in [0, 0.1) is 0 Å². The van der Waals surface area contributed by atoms with Crippen LogP contribution < -0.4 is 0 Å². The van der Waals surface area contributed by atoms with Crippen molar-refractivity contribution in [1.82, 2.24) is 0 Å². The summed E-state index contributed by atoms with van der Waals surface area (Å²) >= 11 is 0. The maximum Gasteiger partial charge on any atom is 0.0548 e. The minimum atomic E-state index is 0.171. The second kappa shape index (κ2) is 5.34. The first-order chi connectivity index (χ1) is 5.12. The molecule has 0 aromatic heterocycles. The van der Waals surface area contributed by atoms with Gasteiger partial charge in [0, 0.05) is 0 Å². The van der Waals surface area contributed by atoms with Crippen LogP contribution in [0.4, 0.5) is 0 Å². The lowest BCUT2D eigenvalue weighted by molar-refractivity contribution is 0.453. The molecule has 11 heavy (non-hydrogen) atoms. The fourth-order valence-corrected chi connectivity index (χ4v) is 1.22. The first kappa shape index (κ1) is 10.7. The molecule has 1 heteroatoms. The van der Waals surface area contributed by atoms with Crippen molar-refractivity contribution in [3.8, 4) is 0 Å². The summed E-state index contributed by atoms with van der Waals surface area (Å²) in [4.78, 5) is 4.40. The van der Waals surface area contributed by atoms with Gasteiger partial charge in [0.2, 0.25) is 0 Å². The molecule has 1 nitrogen and oxygen atoms in total. The van der Waals surface area contributed by atoms with Gasteiger partial charge in [0.1, 0.15) is 0 Å². The van der Waals surface area contributed by atoms with E-state index in [0.29, 0.717) is 0 Å². The number of nitrogens with zero attached hydrogens (tertiary/aromatic N) is 1. The Bertz CT molecular complexity index is 114. The van der Waals surface area contributed by atoms with E-state index in [2.05, 4.69) is 25.8 Å². The van der Waals surface area contributed by atoms with Gasteiger partial charge in [0.05, 0.1) is 5.54 Å². The van der Waals surface area contributed by atoms with Gasteiger partial charge in [0.15, 0.2) is 0 Å². The van der Waals surface area contributed by atoms with E-state index in [1.807, 2.05) is 13.1 Å². The Balaban J connectivity index is 3.55. The van der Waals surface area contributed by atoms with E-state index in [4.69, 9.17) is 0 Å². The zero-order chi connectivity index (χ0) is 8.74. The van der Waals surface area contributed by atoms with Crippen molar-refractivity contribution in [2.45, 2.75) is 58.9 Å². The molecule has 0 aromatic rings. The molecule has 0 saturated heterocycles. The molecule has 0 spiro atoms. The lowest BCUT2D eigenvalue weighted by atomic mass is 9.98. The number of rotatable bonds is 5. The van der Waals surface area contributed by atoms with Gasteiger partial charge in [-0.25, -0.2) is 0 Å². The molecule has 0 unspecified atom stereocenters. The Labute approximate surface area is 70.9 Å². The number of hydrogen-bond donors (Lipinski definition) is 0. The van der Waals surface area contributed by atoms with Crippen LogP contribution in [0.5, 0.6) is 0 Å². The molecular formula is C10H21N. The van der Waals surface area contributed by atoms with Crippen LogP contribution in [0.25, 0.3) is 0 Å². The van der Waals surface area contributed by atoms with E-state index in [-0.39, 0.29) is 5.54 Å². The van der Waals surface area contributed by atoms with Crippen LogP contribution in [-0.2, 0) is 0 Å². The second-order valence-corrected chi connectivity index (χ2v) is 3.66. The SMILES string of the molecule is CC=NC(C)(C)CCCCC. The summed E-state index contributed by atoms with van der Waals surface area (Å²) in [6.45, 7) is 8.61. The van der Waals surface area contributed by atoms with E-state index in [1.54, 1.807) is 0 Å². The molecule has 0 saturated carbocycles. The third-order valence-electron chi connectivity index (χ3n) is 1.87. The first-order valence-electron chi connectivity index (χ1n) is 4.62. The molecule has 0 aliphatic rings. The van der Waals surface area contributed by atoms with E-state index >= 15 is 0 Å². The standard InChI is InChI=1S/C10H21N/c1-5-7-8-9-10(3,4)11-6-2/h6H,5,7-9H2,1-4H3. The average molecular weight is 155 g/mol. The quantitative estimate of drug-likeness (QED) is 0.426. The minimum Gasteiger partial charge on any atom is -0.292 e. The summed E-state index contributed by atoms with van der Waals surface area (Å²) in [6, 6.07) is 0. The molecule has 0 rings (SSSR count). The summed E-state index contributed by atoms with van der Waals surface area (Å²) in [6.07, 6.45) is 7.06. The highest BCUT2D eigenvalue weighted by Crippen LogP contribution is 2.17. The molecule has 0 aromatic carbocycles. The van der Waals surface area contributed by atoms with Crippen LogP contribution in [0.15, 0.2) is 4.99 Å². The van der Waals surface area contributed by atoms with Gasteiger partial charge in [-0.15, -0.1) is 0 Å². The highest BCUT2D eigenvalue weighted by atomic mass is 14.8. The number of hydrogen-bond acceptors (Lipinski definition) is 1. The predicted octanol–water partition coefficient (Wildman–Crippen LogP) is 3.44. The molecule has 0 bridgehead atoms. The van der Waals surface area contributed by atoms with Crippen LogP contribution in [0.1, 0.15) is 53.4 Å². The van der Waals surface area contributed by atoms with Gasteiger partial charge in [-0.05, 0) is 33.4 Å². The Morgan fingerprint density at radius 2 is 1.91 bits per heavy atom. The highest BCUT2D eigenvalue weighted by Gasteiger charge is 2.12. The Hall–Kier alpha value is -0.330. The average Bonchev–Trinajstić information content (AvgIpc) is 1.87. The first-order valence-corrected chi connectivity index (χ1v) is 4.62. The summed E-state index contributed by atoms with van der Waals surface area (Å²) in [5.74, 6) is 0. The van der Waals surface area contributed by atoms with E-state index in [1.165, 1.54) is 25.7 Å². The van der Waals surface area contributed by atoms with Crippen LogP contribution in [0.2, 0.25) is 0 Å². The fraction of sp³-hybridized carbons (Fsp3) is 0.900. The summed E-state index contributed by atoms with van der Waals surface area (Å²) in [5, 5.41) is 0. The second-order valence-electron chi connectivity index (χ2n) is 3.66. The lowest BCUT2D eigenvalue weighted by Crippen LogP contribution is -2.15. The topological polar surface area (TPSA) is 12.4 Å². The fourth-order valence-electron chi connectivity index (χ4n) is 1.22. The summed E-state index contributed by atoms with van der Waals surface area (Å²) < 4.78 is 0. The lowest BCUT2D eigenvalue weighted by Gasteiger charge is -2.18. The van der Waals surface area contributed by atoms with Crippen LogP contribution >= 0.6 is 0 Å².